The van der Waals surface area contributed by atoms with Crippen LogP contribution in [0.2, 0.25) is 0 Å². The van der Waals surface area contributed by atoms with Crippen molar-refractivity contribution in [2.75, 3.05) is 22.1 Å². The Morgan fingerprint density at radius 1 is 1.32 bits per heavy atom. The number of hydrogen-bond donors (Lipinski definition) is 2. The molecule has 2 aliphatic rings. The molecule has 1 aromatic rings. The number of aromatic nitrogens is 1. The van der Waals surface area contributed by atoms with Crippen LogP contribution in [0.1, 0.15) is 25.7 Å². The number of rotatable bonds is 4. The van der Waals surface area contributed by atoms with Gasteiger partial charge >= 0.3 is 0 Å². The second-order valence-electron chi connectivity index (χ2n) is 5.25. The van der Waals surface area contributed by atoms with E-state index in [9.17, 15) is 4.79 Å². The first kappa shape index (κ1) is 12.8. The number of nitrogens with zero attached hydrogens (tertiary/aromatic N) is 1. The Balaban J connectivity index is 1.54. The Morgan fingerprint density at radius 2 is 2.21 bits per heavy atom. The quantitative estimate of drug-likeness (QED) is 0.888. The average molecular weight is 277 g/mol. The minimum atomic E-state index is 0.108. The number of amides is 1. The molecule has 1 unspecified atom stereocenters. The van der Waals surface area contributed by atoms with Crippen LogP contribution in [0.25, 0.3) is 0 Å². The molecule has 1 saturated carbocycles. The standard InChI is InChI=1S/C14H19N3OS/c18-14(10-3-4-10)17-13-6-5-11(8-15-13)16-12-2-1-7-19-9-12/h5-6,8,10,12,16H,1-4,7,9H2,(H,15,17,18). The number of carbonyl (C=O) groups is 1. The first-order valence-electron chi connectivity index (χ1n) is 6.92. The highest BCUT2D eigenvalue weighted by Crippen LogP contribution is 2.30. The summed E-state index contributed by atoms with van der Waals surface area (Å²) in [4.78, 5) is 15.9. The summed E-state index contributed by atoms with van der Waals surface area (Å²) in [7, 11) is 0. The van der Waals surface area contributed by atoms with Gasteiger partial charge in [-0.1, -0.05) is 0 Å². The summed E-state index contributed by atoms with van der Waals surface area (Å²) in [5.74, 6) is 3.43. The minimum absolute atomic E-state index is 0.108. The van der Waals surface area contributed by atoms with Gasteiger partial charge < -0.3 is 10.6 Å². The average Bonchev–Trinajstić information content (AvgIpc) is 3.27. The van der Waals surface area contributed by atoms with Gasteiger partial charge in [0.05, 0.1) is 11.9 Å². The molecule has 0 radical (unpaired) electrons. The van der Waals surface area contributed by atoms with E-state index < -0.39 is 0 Å². The van der Waals surface area contributed by atoms with Crippen LogP contribution in [-0.2, 0) is 4.79 Å². The number of anilines is 2. The first-order chi connectivity index (χ1) is 9.31. The molecule has 2 fully saturated rings. The molecule has 1 saturated heterocycles. The van der Waals surface area contributed by atoms with E-state index in [0.29, 0.717) is 11.9 Å². The zero-order chi connectivity index (χ0) is 13.1. The van der Waals surface area contributed by atoms with Gasteiger partial charge in [0.2, 0.25) is 5.91 Å². The number of nitrogens with one attached hydrogen (secondary N) is 2. The third-order valence-electron chi connectivity index (χ3n) is 3.49. The van der Waals surface area contributed by atoms with Gasteiger partial charge in [-0.2, -0.15) is 11.8 Å². The molecule has 1 aromatic heterocycles. The highest BCUT2D eigenvalue weighted by atomic mass is 32.2. The van der Waals surface area contributed by atoms with E-state index >= 15 is 0 Å². The van der Waals surface area contributed by atoms with Crippen molar-refractivity contribution in [3.8, 4) is 0 Å². The van der Waals surface area contributed by atoms with Crippen LogP contribution in [0, 0.1) is 5.92 Å². The van der Waals surface area contributed by atoms with E-state index in [4.69, 9.17) is 0 Å². The topological polar surface area (TPSA) is 54.0 Å². The molecule has 3 rings (SSSR count). The van der Waals surface area contributed by atoms with E-state index in [1.54, 1.807) is 0 Å². The highest BCUT2D eigenvalue weighted by Gasteiger charge is 2.29. The summed E-state index contributed by atoms with van der Waals surface area (Å²) >= 11 is 2.00. The van der Waals surface area contributed by atoms with Gasteiger partial charge in [-0.15, -0.1) is 0 Å². The van der Waals surface area contributed by atoms with Gasteiger partial charge in [-0.25, -0.2) is 4.98 Å². The van der Waals surface area contributed by atoms with Gasteiger partial charge in [0, 0.05) is 17.7 Å². The smallest absolute Gasteiger partial charge is 0.228 e. The van der Waals surface area contributed by atoms with Crippen LogP contribution in [0.4, 0.5) is 11.5 Å². The van der Waals surface area contributed by atoms with Gasteiger partial charge in [-0.05, 0) is 43.6 Å². The third-order valence-corrected chi connectivity index (χ3v) is 4.71. The van der Waals surface area contributed by atoms with Crippen molar-refractivity contribution in [1.29, 1.82) is 0 Å². The van der Waals surface area contributed by atoms with Crippen LogP contribution in [0.15, 0.2) is 18.3 Å². The molecule has 4 nitrogen and oxygen atoms in total. The number of hydrogen-bond acceptors (Lipinski definition) is 4. The van der Waals surface area contributed by atoms with Crippen LogP contribution in [0.3, 0.4) is 0 Å². The van der Waals surface area contributed by atoms with E-state index in [2.05, 4.69) is 15.6 Å². The molecular weight excluding hydrogens is 258 g/mol. The zero-order valence-electron chi connectivity index (χ0n) is 10.9. The van der Waals surface area contributed by atoms with Gasteiger partial charge in [0.15, 0.2) is 0 Å². The van der Waals surface area contributed by atoms with E-state index in [1.165, 1.54) is 24.3 Å². The van der Waals surface area contributed by atoms with Crippen molar-refractivity contribution in [3.05, 3.63) is 18.3 Å². The zero-order valence-corrected chi connectivity index (χ0v) is 11.7. The van der Waals surface area contributed by atoms with Gasteiger partial charge in [-0.3, -0.25) is 4.79 Å². The molecule has 102 valence electrons. The molecule has 0 bridgehead atoms. The molecule has 2 heterocycles. The van der Waals surface area contributed by atoms with Crippen molar-refractivity contribution < 1.29 is 4.79 Å². The summed E-state index contributed by atoms with van der Waals surface area (Å²) in [6.45, 7) is 0. The maximum Gasteiger partial charge on any atom is 0.228 e. The van der Waals surface area contributed by atoms with Crippen molar-refractivity contribution in [2.45, 2.75) is 31.7 Å². The molecule has 0 spiro atoms. The molecule has 19 heavy (non-hydrogen) atoms. The Bertz CT molecular complexity index is 439. The van der Waals surface area contributed by atoms with E-state index in [0.717, 1.165) is 18.5 Å². The highest BCUT2D eigenvalue weighted by molar-refractivity contribution is 7.99. The summed E-state index contributed by atoms with van der Waals surface area (Å²) in [5, 5.41) is 6.35. The SMILES string of the molecule is O=C(Nc1ccc(NC2CCCSC2)cn1)C1CC1. The van der Waals surface area contributed by atoms with Crippen molar-refractivity contribution in [1.82, 2.24) is 4.98 Å². The molecule has 1 amide bonds. The van der Waals surface area contributed by atoms with E-state index in [-0.39, 0.29) is 11.8 Å². The van der Waals surface area contributed by atoms with Gasteiger partial charge in [0.1, 0.15) is 5.82 Å². The molecule has 1 aliphatic carbocycles. The van der Waals surface area contributed by atoms with Crippen LogP contribution in [0.5, 0.6) is 0 Å². The lowest BCUT2D eigenvalue weighted by molar-refractivity contribution is -0.117. The number of pyridine rings is 1. The Labute approximate surface area is 117 Å². The second kappa shape index (κ2) is 5.82. The van der Waals surface area contributed by atoms with Crippen molar-refractivity contribution in [2.24, 2.45) is 5.92 Å². The molecule has 2 N–H and O–H groups in total. The Kier molecular flexibility index (Phi) is 3.92. The van der Waals surface area contributed by atoms with Crippen molar-refractivity contribution in [3.63, 3.8) is 0 Å². The third kappa shape index (κ3) is 3.62. The van der Waals surface area contributed by atoms with Crippen LogP contribution >= 0.6 is 11.8 Å². The Morgan fingerprint density at radius 3 is 2.84 bits per heavy atom. The molecule has 1 atom stereocenters. The predicted octanol–water partition coefficient (Wildman–Crippen LogP) is 2.74. The normalized spacial score (nSPS) is 22.8. The molecular formula is C14H19N3OS. The lowest BCUT2D eigenvalue weighted by Crippen LogP contribution is -2.25. The minimum Gasteiger partial charge on any atom is -0.380 e. The van der Waals surface area contributed by atoms with Gasteiger partial charge in [0.25, 0.3) is 0 Å². The lowest BCUT2D eigenvalue weighted by atomic mass is 10.2. The fourth-order valence-electron chi connectivity index (χ4n) is 2.22. The maximum absolute atomic E-state index is 11.6. The maximum atomic E-state index is 11.6. The first-order valence-corrected chi connectivity index (χ1v) is 8.08. The summed E-state index contributed by atoms with van der Waals surface area (Å²) < 4.78 is 0. The predicted molar refractivity (Wildman–Crippen MR) is 79.6 cm³/mol. The fourth-order valence-corrected chi connectivity index (χ4v) is 3.29. The monoisotopic (exact) mass is 277 g/mol. The number of carbonyl (C=O) groups excluding carboxylic acids is 1. The summed E-state index contributed by atoms with van der Waals surface area (Å²) in [6, 6.07) is 4.42. The van der Waals surface area contributed by atoms with Crippen LogP contribution < -0.4 is 10.6 Å². The lowest BCUT2D eigenvalue weighted by Gasteiger charge is -2.23. The number of thioether (sulfide) groups is 1. The van der Waals surface area contributed by atoms with E-state index in [1.807, 2.05) is 30.1 Å². The molecule has 0 aromatic carbocycles. The fraction of sp³-hybridized carbons (Fsp3) is 0.571. The Hall–Kier alpha value is -1.23. The summed E-state index contributed by atoms with van der Waals surface area (Å²) in [6.07, 6.45) is 6.36. The molecule has 5 heteroatoms. The summed E-state index contributed by atoms with van der Waals surface area (Å²) in [5.41, 5.74) is 1.04. The van der Waals surface area contributed by atoms with Crippen LogP contribution in [-0.4, -0.2) is 28.4 Å². The molecule has 1 aliphatic heterocycles. The second-order valence-corrected chi connectivity index (χ2v) is 6.40. The van der Waals surface area contributed by atoms with Crippen molar-refractivity contribution >= 4 is 29.2 Å². The largest absolute Gasteiger partial charge is 0.380 e.